The molecule has 0 aliphatic heterocycles. The Labute approximate surface area is 129 Å². The van der Waals surface area contributed by atoms with Gasteiger partial charge in [0.1, 0.15) is 5.54 Å². The molecule has 0 saturated carbocycles. The van der Waals surface area contributed by atoms with E-state index in [4.69, 9.17) is 0 Å². The second-order valence-electron chi connectivity index (χ2n) is 6.05. The number of aryl methyl sites for hydroxylation is 2. The molecule has 0 amide bonds. The largest absolute Gasteiger partial charge is 0.300 e. The topological polar surface area (TPSA) is 53.6 Å². The van der Waals surface area contributed by atoms with Gasteiger partial charge in [0.25, 0.3) is 0 Å². The van der Waals surface area contributed by atoms with Crippen LogP contribution < -0.4 is 5.32 Å². The standard InChI is InChI=1S/C17H30N4/c1-6-11-19-17(5,13-18)10-8-9-12-21-15(4)16(7-2)14(3)20-21/h19H,6-12H2,1-5H3. The van der Waals surface area contributed by atoms with Crippen molar-refractivity contribution >= 4 is 0 Å². The van der Waals surface area contributed by atoms with E-state index in [1.54, 1.807) is 0 Å². The van der Waals surface area contributed by atoms with Crippen molar-refractivity contribution in [3.05, 3.63) is 17.0 Å². The summed E-state index contributed by atoms with van der Waals surface area (Å²) in [6.45, 7) is 12.4. The summed E-state index contributed by atoms with van der Waals surface area (Å²) in [5, 5.41) is 17.3. The van der Waals surface area contributed by atoms with E-state index in [0.29, 0.717) is 0 Å². The van der Waals surface area contributed by atoms with E-state index in [1.807, 2.05) is 6.92 Å². The van der Waals surface area contributed by atoms with Gasteiger partial charge in [0.2, 0.25) is 0 Å². The first kappa shape index (κ1) is 17.7. The summed E-state index contributed by atoms with van der Waals surface area (Å²) in [4.78, 5) is 0. The van der Waals surface area contributed by atoms with E-state index in [2.05, 4.69) is 48.9 Å². The molecule has 21 heavy (non-hydrogen) atoms. The van der Waals surface area contributed by atoms with Crippen LogP contribution in [0.15, 0.2) is 0 Å². The normalized spacial score (nSPS) is 13.9. The van der Waals surface area contributed by atoms with E-state index in [0.717, 1.165) is 50.9 Å². The van der Waals surface area contributed by atoms with Gasteiger partial charge in [-0.15, -0.1) is 0 Å². The molecule has 0 aliphatic carbocycles. The minimum atomic E-state index is -0.389. The maximum absolute atomic E-state index is 9.31. The van der Waals surface area contributed by atoms with Crippen LogP contribution in [0.1, 0.15) is 63.4 Å². The number of hydrogen-bond donors (Lipinski definition) is 1. The third-order valence-electron chi connectivity index (χ3n) is 4.19. The SMILES string of the molecule is CCCNC(C)(C#N)CCCCn1nc(C)c(CC)c1C. The highest BCUT2D eigenvalue weighted by molar-refractivity contribution is 5.24. The quantitative estimate of drug-likeness (QED) is 0.708. The molecule has 0 aromatic carbocycles. The Morgan fingerprint density at radius 3 is 2.52 bits per heavy atom. The van der Waals surface area contributed by atoms with Crippen LogP contribution in [0.3, 0.4) is 0 Å². The van der Waals surface area contributed by atoms with Crippen molar-refractivity contribution in [2.45, 2.75) is 78.8 Å². The van der Waals surface area contributed by atoms with Gasteiger partial charge < -0.3 is 0 Å². The first-order valence-electron chi connectivity index (χ1n) is 8.16. The van der Waals surface area contributed by atoms with Gasteiger partial charge in [-0.1, -0.05) is 13.8 Å². The fourth-order valence-corrected chi connectivity index (χ4v) is 2.79. The maximum Gasteiger partial charge on any atom is 0.103 e. The number of nitriles is 1. The van der Waals surface area contributed by atoms with Gasteiger partial charge in [-0.3, -0.25) is 10.00 Å². The Hall–Kier alpha value is -1.34. The Morgan fingerprint density at radius 2 is 2.00 bits per heavy atom. The van der Waals surface area contributed by atoms with Crippen molar-refractivity contribution in [1.29, 1.82) is 5.26 Å². The van der Waals surface area contributed by atoms with Gasteiger partial charge in [0, 0.05) is 12.2 Å². The highest BCUT2D eigenvalue weighted by Gasteiger charge is 2.21. The van der Waals surface area contributed by atoms with Crippen LogP contribution in [0.2, 0.25) is 0 Å². The summed E-state index contributed by atoms with van der Waals surface area (Å²) in [6.07, 6.45) is 5.11. The Kier molecular flexibility index (Phi) is 6.91. The molecule has 4 nitrogen and oxygen atoms in total. The third kappa shape index (κ3) is 4.86. The molecule has 0 fully saturated rings. The van der Waals surface area contributed by atoms with Crippen LogP contribution in [-0.2, 0) is 13.0 Å². The van der Waals surface area contributed by atoms with Gasteiger partial charge in [-0.05, 0) is 65.0 Å². The van der Waals surface area contributed by atoms with E-state index in [9.17, 15) is 5.26 Å². The Balaban J connectivity index is 2.45. The number of nitrogens with zero attached hydrogens (tertiary/aromatic N) is 3. The third-order valence-corrected chi connectivity index (χ3v) is 4.19. The fourth-order valence-electron chi connectivity index (χ4n) is 2.79. The number of hydrogen-bond acceptors (Lipinski definition) is 3. The van der Waals surface area contributed by atoms with E-state index in [-0.39, 0.29) is 5.54 Å². The van der Waals surface area contributed by atoms with Crippen LogP contribution in [0, 0.1) is 25.2 Å². The van der Waals surface area contributed by atoms with E-state index in [1.165, 1.54) is 11.3 Å². The molecular weight excluding hydrogens is 260 g/mol. The van der Waals surface area contributed by atoms with Crippen molar-refractivity contribution in [1.82, 2.24) is 15.1 Å². The molecule has 1 heterocycles. The zero-order valence-electron chi connectivity index (χ0n) is 14.3. The molecule has 1 aromatic heterocycles. The first-order valence-corrected chi connectivity index (χ1v) is 8.16. The number of unbranched alkanes of at least 4 members (excludes halogenated alkanes) is 1. The molecule has 1 atom stereocenters. The van der Waals surface area contributed by atoms with Crippen LogP contribution in [0.5, 0.6) is 0 Å². The van der Waals surface area contributed by atoms with Gasteiger partial charge in [0.15, 0.2) is 0 Å². The molecule has 0 bridgehead atoms. The second-order valence-corrected chi connectivity index (χ2v) is 6.05. The van der Waals surface area contributed by atoms with Crippen LogP contribution in [0.4, 0.5) is 0 Å². The van der Waals surface area contributed by atoms with Gasteiger partial charge >= 0.3 is 0 Å². The molecule has 1 rings (SSSR count). The molecule has 1 unspecified atom stereocenters. The van der Waals surface area contributed by atoms with Crippen LogP contribution >= 0.6 is 0 Å². The first-order chi connectivity index (χ1) is 9.97. The van der Waals surface area contributed by atoms with E-state index < -0.39 is 0 Å². The lowest BCUT2D eigenvalue weighted by Gasteiger charge is -2.23. The Bertz CT molecular complexity index is 484. The Morgan fingerprint density at radius 1 is 1.29 bits per heavy atom. The average molecular weight is 290 g/mol. The number of rotatable bonds is 9. The van der Waals surface area contributed by atoms with Crippen LogP contribution in [-0.4, -0.2) is 21.9 Å². The van der Waals surface area contributed by atoms with Gasteiger partial charge in [-0.25, -0.2) is 0 Å². The molecule has 0 aliphatic rings. The molecule has 1 N–H and O–H groups in total. The zero-order chi connectivity index (χ0) is 15.9. The second kappa shape index (κ2) is 8.19. The number of nitrogens with one attached hydrogen (secondary N) is 1. The molecule has 0 spiro atoms. The molecule has 0 radical (unpaired) electrons. The number of aromatic nitrogens is 2. The van der Waals surface area contributed by atoms with Gasteiger partial charge in [0.05, 0.1) is 11.8 Å². The zero-order valence-corrected chi connectivity index (χ0v) is 14.3. The van der Waals surface area contributed by atoms with Gasteiger partial charge in [-0.2, -0.15) is 10.4 Å². The van der Waals surface area contributed by atoms with Crippen molar-refractivity contribution in [3.8, 4) is 6.07 Å². The summed E-state index contributed by atoms with van der Waals surface area (Å²) >= 11 is 0. The minimum absolute atomic E-state index is 0.389. The molecule has 0 saturated heterocycles. The summed E-state index contributed by atoms with van der Waals surface area (Å²) in [5.41, 5.74) is 3.43. The van der Waals surface area contributed by atoms with Crippen molar-refractivity contribution in [3.63, 3.8) is 0 Å². The average Bonchev–Trinajstić information content (AvgIpc) is 2.75. The smallest absolute Gasteiger partial charge is 0.103 e. The predicted octanol–water partition coefficient (Wildman–Crippen LogP) is 3.51. The molecule has 118 valence electrons. The molecular formula is C17H30N4. The lowest BCUT2D eigenvalue weighted by atomic mass is 9.96. The van der Waals surface area contributed by atoms with Crippen molar-refractivity contribution < 1.29 is 0 Å². The fraction of sp³-hybridized carbons (Fsp3) is 0.765. The molecule has 4 heteroatoms. The lowest BCUT2D eigenvalue weighted by molar-refractivity contribution is 0.392. The lowest BCUT2D eigenvalue weighted by Crippen LogP contribution is -2.41. The molecule has 1 aromatic rings. The summed E-state index contributed by atoms with van der Waals surface area (Å²) in [6, 6.07) is 2.41. The summed E-state index contributed by atoms with van der Waals surface area (Å²) in [5.74, 6) is 0. The summed E-state index contributed by atoms with van der Waals surface area (Å²) < 4.78 is 2.12. The highest BCUT2D eigenvalue weighted by Crippen LogP contribution is 2.16. The van der Waals surface area contributed by atoms with Crippen molar-refractivity contribution in [2.75, 3.05) is 6.54 Å². The van der Waals surface area contributed by atoms with E-state index >= 15 is 0 Å². The van der Waals surface area contributed by atoms with Crippen LogP contribution in [0.25, 0.3) is 0 Å². The monoisotopic (exact) mass is 290 g/mol. The maximum atomic E-state index is 9.31. The van der Waals surface area contributed by atoms with Crippen molar-refractivity contribution in [2.24, 2.45) is 0 Å². The highest BCUT2D eigenvalue weighted by atomic mass is 15.3. The summed E-state index contributed by atoms with van der Waals surface area (Å²) in [7, 11) is 0. The predicted molar refractivity (Wildman–Crippen MR) is 87.2 cm³/mol. The minimum Gasteiger partial charge on any atom is -0.300 e.